The third-order valence-corrected chi connectivity index (χ3v) is 4.67. The Bertz CT molecular complexity index is 364. The zero-order valence-corrected chi connectivity index (χ0v) is 12.9. The minimum absolute atomic E-state index is 0.160. The Morgan fingerprint density at radius 2 is 1.80 bits per heavy atom. The molecule has 20 heavy (non-hydrogen) atoms. The van der Waals surface area contributed by atoms with Crippen molar-refractivity contribution in [1.82, 2.24) is 15.1 Å². The van der Waals surface area contributed by atoms with Gasteiger partial charge >= 0.3 is 11.8 Å². The Kier molecular flexibility index (Phi) is 5.02. The highest BCUT2D eigenvalue weighted by molar-refractivity contribution is 6.35. The molecule has 0 aromatic heterocycles. The van der Waals surface area contributed by atoms with E-state index in [-0.39, 0.29) is 17.9 Å². The van der Waals surface area contributed by atoms with Gasteiger partial charge in [-0.1, -0.05) is 13.8 Å². The van der Waals surface area contributed by atoms with E-state index in [2.05, 4.69) is 26.1 Å². The highest BCUT2D eigenvalue weighted by Gasteiger charge is 2.36. The summed E-state index contributed by atoms with van der Waals surface area (Å²) in [4.78, 5) is 28.4. The molecule has 2 aliphatic rings. The third-order valence-electron chi connectivity index (χ3n) is 4.67. The molecular formula is C15H27N3O2. The lowest BCUT2D eigenvalue weighted by molar-refractivity contribution is -0.155. The van der Waals surface area contributed by atoms with Crippen LogP contribution in [0, 0.1) is 11.8 Å². The van der Waals surface area contributed by atoms with Crippen molar-refractivity contribution in [3.8, 4) is 0 Å². The fraction of sp³-hybridized carbons (Fsp3) is 0.867. The van der Waals surface area contributed by atoms with Crippen LogP contribution >= 0.6 is 0 Å². The summed E-state index contributed by atoms with van der Waals surface area (Å²) < 4.78 is 0. The Morgan fingerprint density at radius 3 is 2.55 bits per heavy atom. The van der Waals surface area contributed by atoms with Gasteiger partial charge in [-0.3, -0.25) is 9.59 Å². The van der Waals surface area contributed by atoms with Crippen molar-refractivity contribution in [2.75, 3.05) is 32.7 Å². The van der Waals surface area contributed by atoms with Gasteiger partial charge < -0.3 is 15.1 Å². The number of amides is 2. The SMILES string of the molecule is CC1CC(C)C(C)N(C(=O)C(=O)N2CCCNCC2)C1. The maximum atomic E-state index is 12.5. The van der Waals surface area contributed by atoms with Gasteiger partial charge in [-0.05, 0) is 38.1 Å². The Morgan fingerprint density at radius 1 is 1.05 bits per heavy atom. The van der Waals surface area contributed by atoms with Crippen LogP contribution < -0.4 is 5.32 Å². The number of carbonyl (C=O) groups is 2. The smallest absolute Gasteiger partial charge is 0.312 e. The van der Waals surface area contributed by atoms with Gasteiger partial charge in [0.1, 0.15) is 0 Å². The van der Waals surface area contributed by atoms with Crippen molar-refractivity contribution in [3.05, 3.63) is 0 Å². The van der Waals surface area contributed by atoms with Gasteiger partial charge in [0.15, 0.2) is 0 Å². The summed E-state index contributed by atoms with van der Waals surface area (Å²) in [7, 11) is 0. The first kappa shape index (κ1) is 15.3. The lowest BCUT2D eigenvalue weighted by Crippen LogP contribution is -2.54. The summed E-state index contributed by atoms with van der Waals surface area (Å²) in [6.07, 6.45) is 2.05. The Hall–Kier alpha value is -1.10. The van der Waals surface area contributed by atoms with Crippen LogP contribution in [0.1, 0.15) is 33.6 Å². The number of rotatable bonds is 0. The van der Waals surface area contributed by atoms with Crippen molar-refractivity contribution >= 4 is 11.8 Å². The number of nitrogens with zero attached hydrogens (tertiary/aromatic N) is 2. The predicted octanol–water partition coefficient (Wildman–Crippen LogP) is 0.701. The minimum atomic E-state index is -0.318. The van der Waals surface area contributed by atoms with E-state index in [1.165, 1.54) is 0 Å². The van der Waals surface area contributed by atoms with Gasteiger partial charge in [0.05, 0.1) is 0 Å². The molecule has 3 atom stereocenters. The molecule has 0 aromatic carbocycles. The van der Waals surface area contributed by atoms with E-state index in [0.717, 1.165) is 25.9 Å². The molecule has 0 aliphatic carbocycles. The van der Waals surface area contributed by atoms with E-state index in [1.54, 1.807) is 9.80 Å². The number of nitrogens with one attached hydrogen (secondary N) is 1. The van der Waals surface area contributed by atoms with E-state index in [0.29, 0.717) is 31.5 Å². The number of piperidine rings is 1. The molecule has 0 bridgehead atoms. The van der Waals surface area contributed by atoms with E-state index in [1.807, 2.05) is 0 Å². The van der Waals surface area contributed by atoms with Crippen LogP contribution in [0.15, 0.2) is 0 Å². The van der Waals surface area contributed by atoms with E-state index in [4.69, 9.17) is 0 Å². The molecule has 2 heterocycles. The Labute approximate surface area is 121 Å². The monoisotopic (exact) mass is 281 g/mol. The summed E-state index contributed by atoms with van der Waals surface area (Å²) >= 11 is 0. The minimum Gasteiger partial charge on any atom is -0.333 e. The average molecular weight is 281 g/mol. The van der Waals surface area contributed by atoms with Crippen molar-refractivity contribution in [2.45, 2.75) is 39.7 Å². The molecule has 0 aromatic rings. The summed E-state index contributed by atoms with van der Waals surface area (Å²) in [5.74, 6) is 0.310. The molecule has 3 unspecified atom stereocenters. The molecule has 2 saturated heterocycles. The molecular weight excluding hydrogens is 254 g/mol. The quantitative estimate of drug-likeness (QED) is 0.665. The van der Waals surface area contributed by atoms with Crippen molar-refractivity contribution in [1.29, 1.82) is 0 Å². The van der Waals surface area contributed by atoms with Gasteiger partial charge in [0, 0.05) is 32.2 Å². The fourth-order valence-corrected chi connectivity index (χ4v) is 3.29. The van der Waals surface area contributed by atoms with E-state index in [9.17, 15) is 9.59 Å². The van der Waals surface area contributed by atoms with Crippen molar-refractivity contribution < 1.29 is 9.59 Å². The molecule has 0 radical (unpaired) electrons. The van der Waals surface area contributed by atoms with Gasteiger partial charge in [-0.25, -0.2) is 0 Å². The normalized spacial score (nSPS) is 31.9. The highest BCUT2D eigenvalue weighted by atomic mass is 16.2. The van der Waals surface area contributed by atoms with Gasteiger partial charge in [-0.15, -0.1) is 0 Å². The zero-order chi connectivity index (χ0) is 14.7. The predicted molar refractivity (Wildman–Crippen MR) is 78.2 cm³/mol. The maximum absolute atomic E-state index is 12.5. The molecule has 1 N–H and O–H groups in total. The van der Waals surface area contributed by atoms with E-state index >= 15 is 0 Å². The average Bonchev–Trinajstić information content (AvgIpc) is 2.70. The van der Waals surface area contributed by atoms with Crippen molar-refractivity contribution in [2.24, 2.45) is 11.8 Å². The fourth-order valence-electron chi connectivity index (χ4n) is 3.29. The molecule has 114 valence electrons. The summed E-state index contributed by atoms with van der Waals surface area (Å²) in [6.45, 7) is 10.1. The molecule has 5 heteroatoms. The lowest BCUT2D eigenvalue weighted by Gasteiger charge is -2.41. The summed E-state index contributed by atoms with van der Waals surface area (Å²) in [5.41, 5.74) is 0. The zero-order valence-electron chi connectivity index (χ0n) is 12.9. The third kappa shape index (κ3) is 3.32. The van der Waals surface area contributed by atoms with Crippen LogP contribution in [0.25, 0.3) is 0 Å². The number of carbonyl (C=O) groups excluding carboxylic acids is 2. The molecule has 0 spiro atoms. The molecule has 2 fully saturated rings. The molecule has 5 nitrogen and oxygen atoms in total. The van der Waals surface area contributed by atoms with Crippen LogP contribution in [0.2, 0.25) is 0 Å². The number of hydrogen-bond donors (Lipinski definition) is 1. The summed E-state index contributed by atoms with van der Waals surface area (Å²) in [6, 6.07) is 0.160. The topological polar surface area (TPSA) is 52.7 Å². The van der Waals surface area contributed by atoms with Crippen LogP contribution in [0.5, 0.6) is 0 Å². The molecule has 2 aliphatic heterocycles. The maximum Gasteiger partial charge on any atom is 0.312 e. The van der Waals surface area contributed by atoms with Crippen LogP contribution in [-0.4, -0.2) is 60.4 Å². The molecule has 2 amide bonds. The first-order valence-corrected chi connectivity index (χ1v) is 7.81. The first-order chi connectivity index (χ1) is 9.50. The van der Waals surface area contributed by atoms with Crippen LogP contribution in [0.4, 0.5) is 0 Å². The van der Waals surface area contributed by atoms with Gasteiger partial charge in [0.2, 0.25) is 0 Å². The second kappa shape index (κ2) is 6.57. The first-order valence-electron chi connectivity index (χ1n) is 7.81. The van der Waals surface area contributed by atoms with E-state index < -0.39 is 0 Å². The molecule has 2 rings (SSSR count). The van der Waals surface area contributed by atoms with Crippen LogP contribution in [0.3, 0.4) is 0 Å². The lowest BCUT2D eigenvalue weighted by atomic mass is 9.86. The second-order valence-corrected chi connectivity index (χ2v) is 6.41. The largest absolute Gasteiger partial charge is 0.333 e. The van der Waals surface area contributed by atoms with Gasteiger partial charge in [-0.2, -0.15) is 0 Å². The Balaban J connectivity index is 2.03. The highest BCUT2D eigenvalue weighted by Crippen LogP contribution is 2.27. The van der Waals surface area contributed by atoms with Gasteiger partial charge in [0.25, 0.3) is 0 Å². The number of likely N-dealkylation sites (tertiary alicyclic amines) is 1. The van der Waals surface area contributed by atoms with Crippen LogP contribution in [-0.2, 0) is 9.59 Å². The number of hydrogen-bond acceptors (Lipinski definition) is 3. The standard InChI is InChI=1S/C15H27N3O2/c1-11-9-12(2)13(3)18(10-11)15(20)14(19)17-7-4-5-16-6-8-17/h11-13,16H,4-10H2,1-3H3. The van der Waals surface area contributed by atoms with Crippen molar-refractivity contribution in [3.63, 3.8) is 0 Å². The second-order valence-electron chi connectivity index (χ2n) is 6.41. The molecule has 0 saturated carbocycles. The summed E-state index contributed by atoms with van der Waals surface area (Å²) in [5, 5.41) is 3.25.